The van der Waals surface area contributed by atoms with E-state index in [0.717, 1.165) is 16.6 Å². The average Bonchev–Trinajstić information content (AvgIpc) is 3.15. The monoisotopic (exact) mass is 453 g/mol. The van der Waals surface area contributed by atoms with Gasteiger partial charge in [0.15, 0.2) is 0 Å². The van der Waals surface area contributed by atoms with Crippen LogP contribution in [-0.4, -0.2) is 23.4 Å². The lowest BCUT2D eigenvalue weighted by Gasteiger charge is -2.15. The van der Waals surface area contributed by atoms with Crippen molar-refractivity contribution in [2.24, 2.45) is 0 Å². The molecule has 7 nitrogen and oxygen atoms in total. The third-order valence-corrected chi connectivity index (χ3v) is 6.27. The first kappa shape index (κ1) is 21.0. The Hall–Kier alpha value is -3.20. The maximum absolute atomic E-state index is 12.8. The van der Waals surface area contributed by atoms with Gasteiger partial charge in [-0.05, 0) is 49.7 Å². The van der Waals surface area contributed by atoms with E-state index in [4.69, 9.17) is 11.6 Å². The zero-order valence-electron chi connectivity index (χ0n) is 16.9. The van der Waals surface area contributed by atoms with Crippen LogP contribution in [0.25, 0.3) is 22.9 Å². The van der Waals surface area contributed by atoms with Crippen LogP contribution in [0, 0.1) is 13.8 Å². The summed E-state index contributed by atoms with van der Waals surface area (Å²) in [5.74, 6) is 0. The van der Waals surface area contributed by atoms with Gasteiger partial charge >= 0.3 is 0 Å². The topological polar surface area (TPSA) is 88.9 Å². The van der Waals surface area contributed by atoms with Crippen LogP contribution in [-0.2, 0) is 10.0 Å². The van der Waals surface area contributed by atoms with Crippen LogP contribution in [0.1, 0.15) is 16.7 Å². The first-order valence-corrected chi connectivity index (χ1v) is 11.3. The number of para-hydroxylation sites is 1. The Morgan fingerprint density at radius 3 is 2.45 bits per heavy atom. The lowest BCUT2D eigenvalue weighted by molar-refractivity contribution is 0.576. The van der Waals surface area contributed by atoms with Crippen molar-refractivity contribution in [3.05, 3.63) is 88.4 Å². The second-order valence-electron chi connectivity index (χ2n) is 7.09. The highest BCUT2D eigenvalue weighted by atomic mass is 35.5. The molecule has 0 saturated carbocycles. The number of hydrazine groups is 1. The first-order chi connectivity index (χ1) is 14.8. The molecule has 0 fully saturated rings. The number of aryl methyl sites for hydroxylation is 2. The van der Waals surface area contributed by atoms with Crippen LogP contribution in [0.2, 0.25) is 5.02 Å². The van der Waals surface area contributed by atoms with Gasteiger partial charge in [-0.1, -0.05) is 58.8 Å². The maximum atomic E-state index is 12.8. The highest BCUT2D eigenvalue weighted by molar-refractivity contribution is 7.89. The standard InChI is InChI=1S/C22H20ClN5O2S/c1-15-7-10-17(11-8-15)31(29,30)27-25-21(18-12-9-16(2)13-19(18)23)14-28-22-6-4-3-5-20(22)24-26-28/h3-14,25,27H,1-2H3/b21-14+. The predicted molar refractivity (Wildman–Crippen MR) is 123 cm³/mol. The number of nitrogens with one attached hydrogen (secondary N) is 2. The van der Waals surface area contributed by atoms with E-state index in [2.05, 4.69) is 20.6 Å². The molecule has 0 spiro atoms. The Bertz CT molecular complexity index is 1380. The molecule has 31 heavy (non-hydrogen) atoms. The van der Waals surface area contributed by atoms with Crippen LogP contribution in [0.4, 0.5) is 0 Å². The van der Waals surface area contributed by atoms with Crippen LogP contribution in [0.15, 0.2) is 71.6 Å². The van der Waals surface area contributed by atoms with Gasteiger partial charge in [-0.15, -0.1) is 9.93 Å². The minimum atomic E-state index is -3.81. The quantitative estimate of drug-likeness (QED) is 0.428. The number of hydrogen-bond acceptors (Lipinski definition) is 5. The van der Waals surface area contributed by atoms with Crippen LogP contribution in [0.5, 0.6) is 0 Å². The number of sulfonamides is 1. The molecule has 0 atom stereocenters. The van der Waals surface area contributed by atoms with E-state index in [1.807, 2.05) is 50.2 Å². The van der Waals surface area contributed by atoms with Crippen LogP contribution in [0.3, 0.4) is 0 Å². The molecule has 1 aromatic heterocycles. The van der Waals surface area contributed by atoms with Gasteiger partial charge in [-0.3, -0.25) is 0 Å². The van der Waals surface area contributed by atoms with E-state index in [-0.39, 0.29) is 4.90 Å². The molecule has 0 unspecified atom stereocenters. The molecular formula is C22H20ClN5O2S. The number of nitrogens with zero attached hydrogens (tertiary/aromatic N) is 3. The minimum absolute atomic E-state index is 0.145. The van der Waals surface area contributed by atoms with Gasteiger partial charge in [0.2, 0.25) is 0 Å². The van der Waals surface area contributed by atoms with E-state index >= 15 is 0 Å². The van der Waals surface area contributed by atoms with Crippen molar-refractivity contribution < 1.29 is 8.42 Å². The number of halogens is 1. The van der Waals surface area contributed by atoms with Crippen LogP contribution >= 0.6 is 11.6 Å². The van der Waals surface area contributed by atoms with Gasteiger partial charge in [0.25, 0.3) is 10.0 Å². The molecule has 0 aliphatic carbocycles. The number of fused-ring (bicyclic) bond motifs is 1. The normalized spacial score (nSPS) is 12.3. The largest absolute Gasteiger partial charge is 0.306 e. The highest BCUT2D eigenvalue weighted by Gasteiger charge is 2.16. The van der Waals surface area contributed by atoms with Crippen LogP contribution < -0.4 is 10.3 Å². The third kappa shape index (κ3) is 4.61. The molecule has 158 valence electrons. The van der Waals surface area contributed by atoms with Gasteiger partial charge in [-0.25, -0.2) is 13.1 Å². The molecule has 0 amide bonds. The van der Waals surface area contributed by atoms with Gasteiger partial charge in [0, 0.05) is 5.56 Å². The zero-order valence-corrected chi connectivity index (χ0v) is 18.4. The van der Waals surface area contributed by atoms with E-state index in [0.29, 0.717) is 21.8 Å². The SMILES string of the molecule is Cc1ccc(S(=O)(=O)NN/C(=C/n2nnc3ccccc32)c2ccc(C)cc2Cl)cc1. The third-order valence-electron chi connectivity index (χ3n) is 4.69. The number of hydrogen-bond donors (Lipinski definition) is 2. The molecule has 4 rings (SSSR count). The number of benzene rings is 3. The lowest BCUT2D eigenvalue weighted by Crippen LogP contribution is -2.36. The summed E-state index contributed by atoms with van der Waals surface area (Å²) in [4.78, 5) is 2.57. The summed E-state index contributed by atoms with van der Waals surface area (Å²) in [5.41, 5.74) is 7.27. The summed E-state index contributed by atoms with van der Waals surface area (Å²) in [7, 11) is -3.81. The van der Waals surface area contributed by atoms with E-state index < -0.39 is 10.0 Å². The Kier molecular flexibility index (Phi) is 5.77. The fourth-order valence-electron chi connectivity index (χ4n) is 3.01. The predicted octanol–water partition coefficient (Wildman–Crippen LogP) is 4.14. The molecule has 2 N–H and O–H groups in total. The summed E-state index contributed by atoms with van der Waals surface area (Å²) < 4.78 is 27.1. The van der Waals surface area contributed by atoms with Gasteiger partial charge in [0.05, 0.1) is 27.3 Å². The molecule has 0 aliphatic rings. The molecule has 4 aromatic rings. The van der Waals surface area contributed by atoms with Gasteiger partial charge in [0.1, 0.15) is 5.52 Å². The zero-order chi connectivity index (χ0) is 22.0. The molecule has 0 saturated heterocycles. The van der Waals surface area contributed by atoms with Crippen molar-refractivity contribution in [3.8, 4) is 0 Å². The smallest absolute Gasteiger partial charge is 0.257 e. The van der Waals surface area contributed by atoms with E-state index in [9.17, 15) is 8.42 Å². The molecule has 3 aromatic carbocycles. The Morgan fingerprint density at radius 1 is 1.00 bits per heavy atom. The van der Waals surface area contributed by atoms with Crippen molar-refractivity contribution >= 4 is 44.6 Å². The molecular weight excluding hydrogens is 434 g/mol. The van der Waals surface area contributed by atoms with Crippen molar-refractivity contribution in [3.63, 3.8) is 0 Å². The van der Waals surface area contributed by atoms with E-state index in [1.165, 1.54) is 0 Å². The number of aromatic nitrogens is 3. The second kappa shape index (κ2) is 8.50. The maximum Gasteiger partial charge on any atom is 0.257 e. The molecule has 0 aliphatic heterocycles. The summed E-state index contributed by atoms with van der Waals surface area (Å²) in [6.45, 7) is 3.82. The van der Waals surface area contributed by atoms with Gasteiger partial charge < -0.3 is 5.43 Å². The van der Waals surface area contributed by atoms with Crippen molar-refractivity contribution in [2.45, 2.75) is 18.7 Å². The molecule has 0 bridgehead atoms. The van der Waals surface area contributed by atoms with Crippen molar-refractivity contribution in [1.82, 2.24) is 25.3 Å². The lowest BCUT2D eigenvalue weighted by atomic mass is 10.1. The second-order valence-corrected chi connectivity index (χ2v) is 9.18. The van der Waals surface area contributed by atoms with E-state index in [1.54, 1.807) is 41.2 Å². The Balaban J connectivity index is 1.73. The van der Waals surface area contributed by atoms with Crippen molar-refractivity contribution in [1.29, 1.82) is 0 Å². The molecule has 0 radical (unpaired) electrons. The fraction of sp³-hybridized carbons (Fsp3) is 0.0909. The summed E-state index contributed by atoms with van der Waals surface area (Å²) in [5, 5.41) is 8.76. The highest BCUT2D eigenvalue weighted by Crippen LogP contribution is 2.25. The summed E-state index contributed by atoms with van der Waals surface area (Å²) in [6, 6.07) is 19.6. The number of rotatable bonds is 6. The molecule has 1 heterocycles. The molecule has 9 heteroatoms. The fourth-order valence-corrected chi connectivity index (χ4v) is 4.20. The summed E-state index contributed by atoms with van der Waals surface area (Å²) in [6.07, 6.45) is 1.64. The van der Waals surface area contributed by atoms with Crippen molar-refractivity contribution in [2.75, 3.05) is 0 Å². The van der Waals surface area contributed by atoms with Gasteiger partial charge in [-0.2, -0.15) is 0 Å². The Labute approximate surface area is 185 Å². The minimum Gasteiger partial charge on any atom is -0.306 e. The summed E-state index contributed by atoms with van der Waals surface area (Å²) >= 11 is 6.46. The first-order valence-electron chi connectivity index (χ1n) is 9.46. The Morgan fingerprint density at radius 2 is 1.71 bits per heavy atom. The average molecular weight is 454 g/mol.